The highest BCUT2D eigenvalue weighted by molar-refractivity contribution is 9.10. The topological polar surface area (TPSA) is 43.8 Å². The summed E-state index contributed by atoms with van der Waals surface area (Å²) in [6, 6.07) is 1.95. The Bertz CT molecular complexity index is 473. The Hall–Kier alpha value is -1.03. The van der Waals surface area contributed by atoms with Gasteiger partial charge in [0.05, 0.1) is 4.47 Å². The smallest absolute Gasteiger partial charge is 0.107 e. The van der Waals surface area contributed by atoms with E-state index in [-0.39, 0.29) is 0 Å². The highest BCUT2D eigenvalue weighted by atomic mass is 79.9. The molecule has 2 aromatic rings. The summed E-state index contributed by atoms with van der Waals surface area (Å²) in [4.78, 5) is 0. The van der Waals surface area contributed by atoms with Crippen molar-refractivity contribution in [2.45, 2.75) is 6.92 Å². The van der Waals surface area contributed by atoms with Gasteiger partial charge in [-0.05, 0) is 34.5 Å². The van der Waals surface area contributed by atoms with Crippen LogP contribution in [0.3, 0.4) is 0 Å². The fourth-order valence-corrected chi connectivity index (χ4v) is 1.90. The molecule has 1 heterocycles. The number of nitrogens with two attached hydrogens (primary N) is 1. The molecule has 0 amide bonds. The molecule has 0 aliphatic rings. The first kappa shape index (κ1) is 8.56. The van der Waals surface area contributed by atoms with E-state index in [4.69, 9.17) is 5.73 Å². The lowest BCUT2D eigenvalue weighted by Gasteiger charge is -2.02. The summed E-state index contributed by atoms with van der Waals surface area (Å²) >= 11 is 3.49. The highest BCUT2D eigenvalue weighted by Crippen LogP contribution is 2.30. The lowest BCUT2D eigenvalue weighted by Crippen LogP contribution is -1.90. The van der Waals surface area contributed by atoms with Crippen molar-refractivity contribution in [3.63, 3.8) is 0 Å². The molecule has 4 heteroatoms. The van der Waals surface area contributed by atoms with E-state index >= 15 is 0 Å². The third kappa shape index (κ3) is 1.21. The first-order valence-electron chi connectivity index (χ1n) is 3.97. The second-order valence-corrected chi connectivity index (χ2v) is 3.94. The van der Waals surface area contributed by atoms with Crippen LogP contribution in [0.5, 0.6) is 0 Å². The van der Waals surface area contributed by atoms with Crippen LogP contribution in [-0.4, -0.2) is 9.78 Å². The van der Waals surface area contributed by atoms with Gasteiger partial charge in [0.15, 0.2) is 0 Å². The number of nitrogen functional groups attached to an aromatic ring is 1. The Morgan fingerprint density at radius 1 is 1.54 bits per heavy atom. The maximum Gasteiger partial charge on any atom is 0.107 e. The average molecular weight is 240 g/mol. The first-order valence-corrected chi connectivity index (χ1v) is 4.77. The predicted octanol–water partition coefficient (Wildman–Crippen LogP) is 2.23. The molecule has 0 atom stereocenters. The maximum atomic E-state index is 5.83. The molecule has 1 aromatic heterocycles. The zero-order valence-corrected chi connectivity index (χ0v) is 9.09. The molecule has 0 saturated carbocycles. The van der Waals surface area contributed by atoms with Gasteiger partial charge in [-0.2, -0.15) is 5.10 Å². The molecule has 0 unspecified atom stereocenters. The number of nitrogens with zero attached hydrogens (tertiary/aromatic N) is 2. The summed E-state index contributed by atoms with van der Waals surface area (Å²) in [7, 11) is 1.90. The number of aromatic nitrogens is 2. The molecule has 0 bridgehead atoms. The van der Waals surface area contributed by atoms with Gasteiger partial charge in [0, 0.05) is 24.3 Å². The minimum atomic E-state index is 0.798. The molecule has 68 valence electrons. The van der Waals surface area contributed by atoms with Crippen LogP contribution < -0.4 is 5.73 Å². The van der Waals surface area contributed by atoms with Crippen molar-refractivity contribution in [3.05, 3.63) is 22.3 Å². The molecule has 13 heavy (non-hydrogen) atoms. The molecule has 0 radical (unpaired) electrons. The number of aryl methyl sites for hydroxylation is 1. The quantitative estimate of drug-likeness (QED) is 0.717. The van der Waals surface area contributed by atoms with Gasteiger partial charge >= 0.3 is 0 Å². The van der Waals surface area contributed by atoms with Crippen LogP contribution in [0, 0.1) is 6.92 Å². The second kappa shape index (κ2) is 2.73. The fraction of sp³-hybridized carbons (Fsp3) is 0.222. The SMILES string of the molecule is Cc1c(N)cc2cn(C)nc2c1Br. The second-order valence-electron chi connectivity index (χ2n) is 3.15. The normalized spacial score (nSPS) is 11.0. The number of halogens is 1. The van der Waals surface area contributed by atoms with Crippen LogP contribution >= 0.6 is 15.9 Å². The molecule has 0 fully saturated rings. The van der Waals surface area contributed by atoms with Gasteiger partial charge in [-0.15, -0.1) is 0 Å². The van der Waals surface area contributed by atoms with Crippen LogP contribution in [-0.2, 0) is 7.05 Å². The van der Waals surface area contributed by atoms with E-state index in [9.17, 15) is 0 Å². The standard InChI is InChI=1S/C9H10BrN3/c1-5-7(11)3-6-4-13(2)12-9(6)8(5)10/h3-4H,11H2,1-2H3. The van der Waals surface area contributed by atoms with E-state index in [1.54, 1.807) is 4.68 Å². The first-order chi connectivity index (χ1) is 6.09. The van der Waals surface area contributed by atoms with E-state index in [1.165, 1.54) is 0 Å². The third-order valence-electron chi connectivity index (χ3n) is 2.14. The van der Waals surface area contributed by atoms with E-state index in [1.807, 2.05) is 26.2 Å². The van der Waals surface area contributed by atoms with Crippen LogP contribution in [0.25, 0.3) is 10.9 Å². The molecule has 0 saturated heterocycles. The van der Waals surface area contributed by atoms with E-state index in [0.29, 0.717) is 0 Å². The van der Waals surface area contributed by atoms with Gasteiger partial charge in [0.2, 0.25) is 0 Å². The Morgan fingerprint density at radius 3 is 2.92 bits per heavy atom. The van der Waals surface area contributed by atoms with Crippen molar-refractivity contribution in [2.24, 2.45) is 7.05 Å². The summed E-state index contributed by atoms with van der Waals surface area (Å²) in [5.41, 5.74) is 8.64. The number of hydrogen-bond donors (Lipinski definition) is 1. The number of anilines is 1. The Labute approximate surface area is 84.7 Å². The molecule has 3 nitrogen and oxygen atoms in total. The summed E-state index contributed by atoms with van der Waals surface area (Å²) in [5, 5.41) is 5.40. The number of fused-ring (bicyclic) bond motifs is 1. The van der Waals surface area contributed by atoms with Gasteiger partial charge in [-0.25, -0.2) is 0 Å². The summed E-state index contributed by atoms with van der Waals surface area (Å²) < 4.78 is 2.78. The van der Waals surface area contributed by atoms with Crippen LogP contribution in [0.4, 0.5) is 5.69 Å². The molecule has 0 spiro atoms. The molecule has 0 aliphatic heterocycles. The van der Waals surface area contributed by atoms with E-state index < -0.39 is 0 Å². The monoisotopic (exact) mass is 239 g/mol. The number of hydrogen-bond acceptors (Lipinski definition) is 2. The molecule has 2 rings (SSSR count). The van der Waals surface area contributed by atoms with Crippen molar-refractivity contribution in [1.82, 2.24) is 9.78 Å². The summed E-state index contributed by atoms with van der Waals surface area (Å²) in [6.45, 7) is 1.98. The largest absolute Gasteiger partial charge is 0.398 e. The van der Waals surface area contributed by atoms with Crippen LogP contribution in [0.2, 0.25) is 0 Å². The zero-order chi connectivity index (χ0) is 9.59. The lowest BCUT2D eigenvalue weighted by atomic mass is 10.1. The van der Waals surface area contributed by atoms with Crippen molar-refractivity contribution in [3.8, 4) is 0 Å². The summed E-state index contributed by atoms with van der Waals surface area (Å²) in [6.07, 6.45) is 1.95. The molecular formula is C9H10BrN3. The average Bonchev–Trinajstić information content (AvgIpc) is 2.42. The Kier molecular flexibility index (Phi) is 1.80. The number of rotatable bonds is 0. The molecule has 0 aliphatic carbocycles. The lowest BCUT2D eigenvalue weighted by molar-refractivity contribution is 0.779. The molecule has 2 N–H and O–H groups in total. The van der Waals surface area contributed by atoms with E-state index in [0.717, 1.165) is 26.6 Å². The van der Waals surface area contributed by atoms with Gasteiger partial charge in [0.1, 0.15) is 5.52 Å². The van der Waals surface area contributed by atoms with Crippen molar-refractivity contribution in [1.29, 1.82) is 0 Å². The maximum absolute atomic E-state index is 5.83. The van der Waals surface area contributed by atoms with Crippen molar-refractivity contribution >= 4 is 32.5 Å². The molecule has 1 aromatic carbocycles. The predicted molar refractivity (Wildman–Crippen MR) is 57.6 cm³/mol. The Balaban J connectivity index is 2.92. The minimum absolute atomic E-state index is 0.798. The Morgan fingerprint density at radius 2 is 2.23 bits per heavy atom. The minimum Gasteiger partial charge on any atom is -0.398 e. The van der Waals surface area contributed by atoms with Crippen molar-refractivity contribution < 1.29 is 0 Å². The van der Waals surface area contributed by atoms with Gasteiger partial charge in [-0.3, -0.25) is 4.68 Å². The van der Waals surface area contributed by atoms with Gasteiger partial charge < -0.3 is 5.73 Å². The third-order valence-corrected chi connectivity index (χ3v) is 3.11. The van der Waals surface area contributed by atoms with Crippen molar-refractivity contribution in [2.75, 3.05) is 5.73 Å². The van der Waals surface area contributed by atoms with Crippen LogP contribution in [0.15, 0.2) is 16.7 Å². The molecular weight excluding hydrogens is 230 g/mol. The summed E-state index contributed by atoms with van der Waals surface area (Å²) in [5.74, 6) is 0. The highest BCUT2D eigenvalue weighted by Gasteiger charge is 2.08. The van der Waals surface area contributed by atoms with Gasteiger partial charge in [0.25, 0.3) is 0 Å². The fourth-order valence-electron chi connectivity index (χ4n) is 1.36. The van der Waals surface area contributed by atoms with Crippen LogP contribution in [0.1, 0.15) is 5.56 Å². The zero-order valence-electron chi connectivity index (χ0n) is 7.50. The van der Waals surface area contributed by atoms with E-state index in [2.05, 4.69) is 21.0 Å². The van der Waals surface area contributed by atoms with Gasteiger partial charge in [-0.1, -0.05) is 0 Å². The number of benzene rings is 1.